The number of anilines is 1. The average molecular weight is 291 g/mol. The first kappa shape index (κ1) is 15.6. The van der Waals surface area contributed by atoms with E-state index >= 15 is 0 Å². The zero-order chi connectivity index (χ0) is 15.3. The van der Waals surface area contributed by atoms with Crippen molar-refractivity contribution in [3.05, 3.63) is 30.3 Å². The predicted molar refractivity (Wildman–Crippen MR) is 84.7 cm³/mol. The van der Waals surface area contributed by atoms with E-state index in [4.69, 9.17) is 4.74 Å². The molecule has 1 heterocycles. The van der Waals surface area contributed by atoms with Crippen molar-refractivity contribution in [3.63, 3.8) is 0 Å². The molecule has 1 saturated heterocycles. The molecule has 2 rings (SSSR count). The summed E-state index contributed by atoms with van der Waals surface area (Å²) in [4.78, 5) is 14.1. The van der Waals surface area contributed by atoms with Crippen LogP contribution in [0.4, 0.5) is 10.5 Å². The molecular weight excluding hydrogens is 266 g/mol. The number of hydrogen-bond donors (Lipinski definition) is 2. The summed E-state index contributed by atoms with van der Waals surface area (Å²) in [6, 6.07) is 10.1. The summed E-state index contributed by atoms with van der Waals surface area (Å²) >= 11 is 0. The minimum Gasteiger partial charge on any atom is -0.373 e. The van der Waals surface area contributed by atoms with Gasteiger partial charge >= 0.3 is 6.03 Å². The third-order valence-corrected chi connectivity index (χ3v) is 3.24. The number of nitrogens with one attached hydrogen (secondary N) is 2. The first-order valence-electron chi connectivity index (χ1n) is 7.42. The van der Waals surface area contributed by atoms with Gasteiger partial charge in [-0.15, -0.1) is 0 Å². The van der Waals surface area contributed by atoms with Crippen LogP contribution >= 0.6 is 0 Å². The maximum absolute atomic E-state index is 11.8. The second-order valence-corrected chi connectivity index (χ2v) is 6.36. The number of nitrogens with zero attached hydrogens (tertiary/aromatic N) is 1. The van der Waals surface area contributed by atoms with Crippen molar-refractivity contribution in [2.24, 2.45) is 0 Å². The zero-order valence-corrected chi connectivity index (χ0v) is 13.1. The van der Waals surface area contributed by atoms with Gasteiger partial charge < -0.3 is 20.3 Å². The van der Waals surface area contributed by atoms with Gasteiger partial charge in [0.25, 0.3) is 0 Å². The van der Waals surface area contributed by atoms with E-state index in [0.717, 1.165) is 13.1 Å². The molecule has 116 valence electrons. The van der Waals surface area contributed by atoms with Gasteiger partial charge in [-0.1, -0.05) is 18.2 Å². The van der Waals surface area contributed by atoms with E-state index in [0.29, 0.717) is 13.2 Å². The van der Waals surface area contributed by atoms with Gasteiger partial charge in [-0.25, -0.2) is 4.79 Å². The first-order valence-corrected chi connectivity index (χ1v) is 7.42. The molecule has 1 aliphatic heterocycles. The Morgan fingerprint density at radius 2 is 2.05 bits per heavy atom. The fraction of sp³-hybridized carbons (Fsp3) is 0.562. The van der Waals surface area contributed by atoms with E-state index in [2.05, 4.69) is 27.7 Å². The number of rotatable bonds is 3. The van der Waals surface area contributed by atoms with Gasteiger partial charge in [0.1, 0.15) is 0 Å². The Kier molecular flexibility index (Phi) is 5.07. The molecule has 0 radical (unpaired) electrons. The van der Waals surface area contributed by atoms with Gasteiger partial charge in [0.2, 0.25) is 0 Å². The Morgan fingerprint density at radius 3 is 2.71 bits per heavy atom. The Balaban J connectivity index is 1.81. The Bertz CT molecular complexity index is 456. The molecule has 1 aromatic rings. The number of carbonyl (C=O) groups is 1. The van der Waals surface area contributed by atoms with Gasteiger partial charge in [-0.3, -0.25) is 0 Å². The first-order chi connectivity index (χ1) is 9.94. The molecule has 1 aliphatic rings. The molecule has 1 atom stereocenters. The lowest BCUT2D eigenvalue weighted by atomic mass is 10.1. The van der Waals surface area contributed by atoms with Crippen LogP contribution in [0.5, 0.6) is 0 Å². The van der Waals surface area contributed by atoms with Crippen LogP contribution in [0.15, 0.2) is 30.3 Å². The van der Waals surface area contributed by atoms with E-state index in [1.54, 1.807) is 0 Å². The highest BCUT2D eigenvalue weighted by Crippen LogP contribution is 2.16. The smallest absolute Gasteiger partial charge is 0.315 e. The molecule has 5 heteroatoms. The van der Waals surface area contributed by atoms with Crippen LogP contribution in [0.25, 0.3) is 0 Å². The Hall–Kier alpha value is -1.75. The summed E-state index contributed by atoms with van der Waals surface area (Å²) in [6.07, 6.45) is 0.0182. The SMILES string of the molecule is CC(C)(C)NC(=O)NCC1CN(c2ccccc2)CCO1. The Labute approximate surface area is 126 Å². The highest BCUT2D eigenvalue weighted by atomic mass is 16.5. The molecule has 2 amide bonds. The lowest BCUT2D eigenvalue weighted by Crippen LogP contribution is -2.51. The molecular formula is C16H25N3O2. The molecule has 0 spiro atoms. The van der Waals surface area contributed by atoms with Crippen molar-refractivity contribution in [1.82, 2.24) is 10.6 Å². The lowest BCUT2D eigenvalue weighted by Gasteiger charge is -2.34. The topological polar surface area (TPSA) is 53.6 Å². The van der Waals surface area contributed by atoms with Crippen molar-refractivity contribution >= 4 is 11.7 Å². The molecule has 1 unspecified atom stereocenters. The summed E-state index contributed by atoms with van der Waals surface area (Å²) in [6.45, 7) is 8.75. The van der Waals surface area contributed by atoms with Gasteiger partial charge in [0.15, 0.2) is 0 Å². The van der Waals surface area contributed by atoms with E-state index < -0.39 is 0 Å². The normalized spacial score (nSPS) is 19.2. The number of para-hydroxylation sites is 1. The number of urea groups is 1. The molecule has 0 aliphatic carbocycles. The van der Waals surface area contributed by atoms with E-state index in [1.807, 2.05) is 39.0 Å². The van der Waals surface area contributed by atoms with E-state index in [-0.39, 0.29) is 17.7 Å². The van der Waals surface area contributed by atoms with Crippen LogP contribution in [0, 0.1) is 0 Å². The molecule has 1 fully saturated rings. The maximum Gasteiger partial charge on any atom is 0.315 e. The summed E-state index contributed by atoms with van der Waals surface area (Å²) in [5, 5.41) is 5.76. The van der Waals surface area contributed by atoms with Crippen molar-refractivity contribution in [2.45, 2.75) is 32.4 Å². The number of morpholine rings is 1. The summed E-state index contributed by atoms with van der Waals surface area (Å²) < 4.78 is 5.73. The van der Waals surface area contributed by atoms with Crippen molar-refractivity contribution in [1.29, 1.82) is 0 Å². The van der Waals surface area contributed by atoms with Crippen molar-refractivity contribution < 1.29 is 9.53 Å². The van der Waals surface area contributed by atoms with Gasteiger partial charge in [-0.2, -0.15) is 0 Å². The number of amides is 2. The molecule has 0 saturated carbocycles. The largest absolute Gasteiger partial charge is 0.373 e. The fourth-order valence-electron chi connectivity index (χ4n) is 2.31. The number of carbonyl (C=O) groups excluding carboxylic acids is 1. The number of benzene rings is 1. The Morgan fingerprint density at radius 1 is 1.33 bits per heavy atom. The molecule has 21 heavy (non-hydrogen) atoms. The van der Waals surface area contributed by atoms with Crippen molar-refractivity contribution in [3.8, 4) is 0 Å². The zero-order valence-electron chi connectivity index (χ0n) is 13.1. The summed E-state index contributed by atoms with van der Waals surface area (Å²) in [5.74, 6) is 0. The fourth-order valence-corrected chi connectivity index (χ4v) is 2.31. The van der Waals surface area contributed by atoms with Gasteiger partial charge in [0.05, 0.1) is 12.7 Å². The van der Waals surface area contributed by atoms with E-state index in [9.17, 15) is 4.79 Å². The standard InChI is InChI=1S/C16H25N3O2/c1-16(2,3)18-15(20)17-11-14-12-19(9-10-21-14)13-7-5-4-6-8-13/h4-8,14H,9-12H2,1-3H3,(H2,17,18,20). The maximum atomic E-state index is 11.8. The van der Waals surface area contributed by atoms with Crippen LogP contribution in [-0.4, -0.2) is 43.9 Å². The predicted octanol–water partition coefficient (Wildman–Crippen LogP) is 1.99. The van der Waals surface area contributed by atoms with Crippen LogP contribution in [0.3, 0.4) is 0 Å². The minimum atomic E-state index is -0.229. The third kappa shape index (κ3) is 5.27. The average Bonchev–Trinajstić information content (AvgIpc) is 2.45. The second-order valence-electron chi connectivity index (χ2n) is 6.36. The van der Waals surface area contributed by atoms with Gasteiger partial charge in [-0.05, 0) is 32.9 Å². The van der Waals surface area contributed by atoms with Crippen LogP contribution < -0.4 is 15.5 Å². The van der Waals surface area contributed by atoms with Gasteiger partial charge in [0, 0.05) is 30.9 Å². The molecule has 5 nitrogen and oxygen atoms in total. The molecule has 0 aromatic heterocycles. The molecule has 0 bridgehead atoms. The molecule has 1 aromatic carbocycles. The van der Waals surface area contributed by atoms with Crippen LogP contribution in [0.1, 0.15) is 20.8 Å². The number of ether oxygens (including phenoxy) is 1. The minimum absolute atomic E-state index is 0.0182. The van der Waals surface area contributed by atoms with Crippen molar-refractivity contribution in [2.75, 3.05) is 31.1 Å². The third-order valence-electron chi connectivity index (χ3n) is 3.24. The van der Waals surface area contributed by atoms with Crippen LogP contribution in [-0.2, 0) is 4.74 Å². The summed E-state index contributed by atoms with van der Waals surface area (Å²) in [5.41, 5.74) is 0.970. The highest BCUT2D eigenvalue weighted by Gasteiger charge is 2.22. The highest BCUT2D eigenvalue weighted by molar-refractivity contribution is 5.74. The quantitative estimate of drug-likeness (QED) is 0.895. The second kappa shape index (κ2) is 6.80. The monoisotopic (exact) mass is 291 g/mol. The van der Waals surface area contributed by atoms with E-state index in [1.165, 1.54) is 5.69 Å². The number of hydrogen-bond acceptors (Lipinski definition) is 3. The molecule has 2 N–H and O–H groups in total. The summed E-state index contributed by atoms with van der Waals surface area (Å²) in [7, 11) is 0. The van der Waals surface area contributed by atoms with Crippen LogP contribution in [0.2, 0.25) is 0 Å². The lowest BCUT2D eigenvalue weighted by molar-refractivity contribution is 0.0423.